The molecule has 0 radical (unpaired) electrons. The van der Waals surface area contributed by atoms with E-state index in [4.69, 9.17) is 14.2 Å². The summed E-state index contributed by atoms with van der Waals surface area (Å²) in [6, 6.07) is 8.96. The van der Waals surface area contributed by atoms with E-state index in [2.05, 4.69) is 15.5 Å². The Balaban J connectivity index is 1.30. The number of likely N-dealkylation sites (tertiary alicyclic amines) is 1. The zero-order valence-electron chi connectivity index (χ0n) is 25.8. The van der Waals surface area contributed by atoms with Crippen LogP contribution in [0.2, 0.25) is 0 Å². The van der Waals surface area contributed by atoms with Gasteiger partial charge in [-0.3, -0.25) is 9.69 Å². The minimum Gasteiger partial charge on any atom is -0.443 e. The first-order valence-corrected chi connectivity index (χ1v) is 16.1. The van der Waals surface area contributed by atoms with E-state index in [1.54, 1.807) is 0 Å². The van der Waals surface area contributed by atoms with E-state index in [-0.39, 0.29) is 35.8 Å². The minimum atomic E-state index is -0.897. The fourth-order valence-corrected chi connectivity index (χ4v) is 7.51. The minimum absolute atomic E-state index is 0.0101. The molecular formula is C33H51N3O6. The van der Waals surface area contributed by atoms with Gasteiger partial charge in [0.15, 0.2) is 6.29 Å². The number of hydrogen-bond acceptors (Lipinski definition) is 7. The van der Waals surface area contributed by atoms with Gasteiger partial charge in [-0.1, -0.05) is 49.6 Å². The Kier molecular flexibility index (Phi) is 10.1. The number of ether oxygens (including phenoxy) is 3. The molecule has 1 aromatic carbocycles. The van der Waals surface area contributed by atoms with Crippen molar-refractivity contribution in [2.75, 3.05) is 19.7 Å². The Bertz CT molecular complexity index is 1050. The maximum absolute atomic E-state index is 13.5. The van der Waals surface area contributed by atoms with Gasteiger partial charge in [0.05, 0.1) is 24.3 Å². The number of carbonyl (C=O) groups excluding carboxylic acids is 2. The number of rotatable bonds is 8. The van der Waals surface area contributed by atoms with Crippen molar-refractivity contribution in [2.24, 2.45) is 17.8 Å². The van der Waals surface area contributed by atoms with Crippen LogP contribution in [0.15, 0.2) is 30.3 Å². The zero-order valence-corrected chi connectivity index (χ0v) is 25.8. The van der Waals surface area contributed by atoms with E-state index in [1.165, 1.54) is 19.3 Å². The summed E-state index contributed by atoms with van der Waals surface area (Å²) in [6.45, 7) is 9.65. The first kappa shape index (κ1) is 31.2. The quantitative estimate of drug-likeness (QED) is 0.423. The number of alkyl carbamates (subject to hydrolysis) is 1. The van der Waals surface area contributed by atoms with E-state index in [0.717, 1.165) is 37.8 Å². The first-order chi connectivity index (χ1) is 20.1. The third-order valence-corrected chi connectivity index (χ3v) is 9.58. The van der Waals surface area contributed by atoms with Gasteiger partial charge in [-0.2, -0.15) is 0 Å². The molecule has 1 aliphatic carbocycles. The molecule has 3 N–H and O–H groups in total. The van der Waals surface area contributed by atoms with Crippen molar-refractivity contribution < 1.29 is 28.9 Å². The van der Waals surface area contributed by atoms with Crippen LogP contribution >= 0.6 is 0 Å². The molecule has 3 aliphatic heterocycles. The zero-order chi connectivity index (χ0) is 29.9. The lowest BCUT2D eigenvalue weighted by Gasteiger charge is -2.47. The summed E-state index contributed by atoms with van der Waals surface area (Å²) in [4.78, 5) is 29.0. The molecule has 0 bridgehead atoms. The topological polar surface area (TPSA) is 109 Å². The molecule has 3 saturated heterocycles. The summed E-state index contributed by atoms with van der Waals surface area (Å²) in [7, 11) is 0. The lowest BCUT2D eigenvalue weighted by atomic mass is 9.72. The Hall–Kier alpha value is -2.20. The summed E-state index contributed by atoms with van der Waals surface area (Å²) in [6.07, 6.45) is 5.37. The van der Waals surface area contributed by atoms with Gasteiger partial charge in [0.1, 0.15) is 6.10 Å². The Morgan fingerprint density at radius 1 is 1.10 bits per heavy atom. The molecule has 2 amide bonds. The van der Waals surface area contributed by atoms with Crippen molar-refractivity contribution in [1.29, 1.82) is 0 Å². The number of nitrogens with one attached hydrogen (secondary N) is 2. The normalized spacial score (nSPS) is 33.1. The van der Waals surface area contributed by atoms with Crippen LogP contribution in [0.25, 0.3) is 0 Å². The van der Waals surface area contributed by atoms with Crippen molar-refractivity contribution in [3.63, 3.8) is 0 Å². The highest BCUT2D eigenvalue weighted by Crippen LogP contribution is 2.39. The number of fused-ring (bicyclic) bond motifs is 2. The number of amides is 2. The number of aliphatic hydroxyl groups excluding tert-OH is 1. The van der Waals surface area contributed by atoms with Crippen LogP contribution in [0, 0.1) is 17.8 Å². The Morgan fingerprint density at radius 3 is 2.57 bits per heavy atom. The standard InChI is InChI=1S/C33H51N3O6/c1-21-29(25-15-10-16-40-31(25)41-21)42-32(39)34-26(17-22-11-6-5-7-12-22)28(37)20-36-19-24-14-9-8-13-23(24)18-27(36)30(38)35-33(2,3)4/h5-7,11-12,21,23-29,31,37H,8-10,13-20H2,1-4H3,(H,34,39)(H,35,38)/t21-,23-,24+,25-,26-,27-,28+,29-,31+/m0/s1. The van der Waals surface area contributed by atoms with Gasteiger partial charge in [0, 0.05) is 31.2 Å². The predicted molar refractivity (Wildman–Crippen MR) is 160 cm³/mol. The number of piperidine rings is 1. The number of aliphatic hydroxyl groups is 1. The van der Waals surface area contributed by atoms with Crippen molar-refractivity contribution in [2.45, 2.75) is 121 Å². The number of nitrogens with zero attached hydrogens (tertiary/aromatic N) is 1. The van der Waals surface area contributed by atoms with Crippen LogP contribution in [0.3, 0.4) is 0 Å². The Labute approximate surface area is 251 Å². The van der Waals surface area contributed by atoms with Crippen LogP contribution in [0.1, 0.15) is 78.2 Å². The van der Waals surface area contributed by atoms with Gasteiger partial charge in [0.25, 0.3) is 0 Å². The highest BCUT2D eigenvalue weighted by molar-refractivity contribution is 5.82. The van der Waals surface area contributed by atoms with Crippen LogP contribution < -0.4 is 10.6 Å². The molecule has 1 aromatic rings. The lowest BCUT2D eigenvalue weighted by Crippen LogP contribution is -2.60. The molecule has 0 spiro atoms. The number of β-amino-alcohol motifs (C(OH)–C–C–N with tert-alkyl or cyclic N) is 1. The molecule has 9 nitrogen and oxygen atoms in total. The molecular weight excluding hydrogens is 534 g/mol. The largest absolute Gasteiger partial charge is 0.443 e. The van der Waals surface area contributed by atoms with E-state index in [9.17, 15) is 14.7 Å². The Morgan fingerprint density at radius 2 is 1.83 bits per heavy atom. The van der Waals surface area contributed by atoms with E-state index in [1.807, 2.05) is 58.0 Å². The van der Waals surface area contributed by atoms with Gasteiger partial charge in [0.2, 0.25) is 5.91 Å². The highest BCUT2D eigenvalue weighted by atomic mass is 16.7. The average Bonchev–Trinajstić information content (AvgIpc) is 3.26. The SMILES string of the molecule is C[C@@H]1O[C@H]2OCCC[C@H]2[C@H]1OC(=O)N[C@@H](Cc1ccccc1)[C@H](O)CN1C[C@H]2CCCC[C@H]2C[C@H]1C(=O)NC(C)(C)C. The molecule has 5 rings (SSSR count). The van der Waals surface area contributed by atoms with E-state index in [0.29, 0.717) is 31.4 Å². The van der Waals surface area contributed by atoms with Gasteiger partial charge >= 0.3 is 6.09 Å². The molecule has 3 heterocycles. The number of benzene rings is 1. The predicted octanol–water partition coefficient (Wildman–Crippen LogP) is 4.02. The summed E-state index contributed by atoms with van der Waals surface area (Å²) < 4.78 is 17.6. The van der Waals surface area contributed by atoms with Gasteiger partial charge in [-0.05, 0) is 77.2 Å². The van der Waals surface area contributed by atoms with Crippen LogP contribution in [-0.2, 0) is 25.4 Å². The van der Waals surface area contributed by atoms with Gasteiger partial charge in [-0.25, -0.2) is 4.79 Å². The maximum Gasteiger partial charge on any atom is 0.407 e. The fraction of sp³-hybridized carbons (Fsp3) is 0.758. The number of hydrogen-bond donors (Lipinski definition) is 3. The second kappa shape index (κ2) is 13.6. The molecule has 4 fully saturated rings. The van der Waals surface area contributed by atoms with E-state index < -0.39 is 24.3 Å². The van der Waals surface area contributed by atoms with Crippen molar-refractivity contribution in [1.82, 2.24) is 15.5 Å². The molecule has 9 heteroatoms. The van der Waals surface area contributed by atoms with Crippen LogP contribution in [-0.4, -0.2) is 83.9 Å². The summed E-state index contributed by atoms with van der Waals surface area (Å²) in [5.74, 6) is 1.10. The molecule has 4 aliphatic rings. The smallest absolute Gasteiger partial charge is 0.407 e. The maximum atomic E-state index is 13.5. The molecule has 9 atom stereocenters. The summed E-state index contributed by atoms with van der Waals surface area (Å²) in [5, 5.41) is 17.9. The monoisotopic (exact) mass is 585 g/mol. The fourth-order valence-electron chi connectivity index (χ4n) is 7.51. The third kappa shape index (κ3) is 7.84. The van der Waals surface area contributed by atoms with E-state index >= 15 is 0 Å². The van der Waals surface area contributed by atoms with Gasteiger partial charge in [-0.15, -0.1) is 0 Å². The second-order valence-electron chi connectivity index (χ2n) is 14.0. The second-order valence-corrected chi connectivity index (χ2v) is 14.0. The molecule has 0 aromatic heterocycles. The molecule has 234 valence electrons. The highest BCUT2D eigenvalue weighted by Gasteiger charge is 2.47. The van der Waals surface area contributed by atoms with Crippen molar-refractivity contribution in [3.8, 4) is 0 Å². The third-order valence-electron chi connectivity index (χ3n) is 9.58. The average molecular weight is 586 g/mol. The molecule has 0 unspecified atom stereocenters. The molecule has 1 saturated carbocycles. The first-order valence-electron chi connectivity index (χ1n) is 16.1. The van der Waals surface area contributed by atoms with Gasteiger partial charge < -0.3 is 30.0 Å². The summed E-state index contributed by atoms with van der Waals surface area (Å²) >= 11 is 0. The van der Waals surface area contributed by atoms with Crippen LogP contribution in [0.4, 0.5) is 4.79 Å². The van der Waals surface area contributed by atoms with Crippen molar-refractivity contribution >= 4 is 12.0 Å². The van der Waals surface area contributed by atoms with Crippen LogP contribution in [0.5, 0.6) is 0 Å². The molecule has 42 heavy (non-hydrogen) atoms. The summed E-state index contributed by atoms with van der Waals surface area (Å²) in [5.41, 5.74) is 0.670. The number of carbonyl (C=O) groups is 2. The lowest BCUT2D eigenvalue weighted by molar-refractivity contribution is -0.164. The van der Waals surface area contributed by atoms with Crippen molar-refractivity contribution in [3.05, 3.63) is 35.9 Å².